The van der Waals surface area contributed by atoms with Gasteiger partial charge in [-0.1, -0.05) is 22.8 Å². The van der Waals surface area contributed by atoms with E-state index in [1.807, 2.05) is 31.2 Å². The van der Waals surface area contributed by atoms with E-state index in [2.05, 4.69) is 20.8 Å². The van der Waals surface area contributed by atoms with Crippen LogP contribution in [0.3, 0.4) is 0 Å². The van der Waals surface area contributed by atoms with Crippen molar-refractivity contribution in [2.24, 2.45) is 0 Å². The predicted octanol–water partition coefficient (Wildman–Crippen LogP) is 0.924. The first-order valence-corrected chi connectivity index (χ1v) is 7.06. The van der Waals surface area contributed by atoms with Crippen molar-refractivity contribution >= 4 is 5.95 Å². The number of tetrazole rings is 1. The molecule has 0 bridgehead atoms. The van der Waals surface area contributed by atoms with Gasteiger partial charge in [-0.3, -0.25) is 0 Å². The van der Waals surface area contributed by atoms with Gasteiger partial charge in [-0.15, -0.1) is 0 Å². The summed E-state index contributed by atoms with van der Waals surface area (Å²) < 4.78 is 6.90. The van der Waals surface area contributed by atoms with Crippen LogP contribution in [0.25, 0.3) is 5.69 Å². The molecule has 1 aliphatic rings. The fourth-order valence-electron chi connectivity index (χ4n) is 2.33. The van der Waals surface area contributed by atoms with Crippen LogP contribution in [-0.4, -0.2) is 50.7 Å². The molecule has 0 spiro atoms. The molecule has 0 amide bonds. The molecule has 2 heterocycles. The summed E-state index contributed by atoms with van der Waals surface area (Å²) in [6.45, 7) is 3.61. The summed E-state index contributed by atoms with van der Waals surface area (Å²) in [5, 5.41) is 25.3. The predicted molar refractivity (Wildman–Crippen MR) is 77.4 cm³/mol. The standard InChI is InChI=1S/C14H19N5O2/c1-11-2-4-12(5-3-11)19-13(16-17-18-19)15-10-14(20)6-8-21-9-7-14/h2-5,20H,6-10H2,1H3,(H,15,16,18). The summed E-state index contributed by atoms with van der Waals surface area (Å²) in [7, 11) is 0. The van der Waals surface area contributed by atoms with Gasteiger partial charge in [0.2, 0.25) is 5.95 Å². The molecule has 2 N–H and O–H groups in total. The van der Waals surface area contributed by atoms with Crippen LogP contribution < -0.4 is 5.32 Å². The lowest BCUT2D eigenvalue weighted by Crippen LogP contribution is -2.42. The van der Waals surface area contributed by atoms with Crippen molar-refractivity contribution in [2.45, 2.75) is 25.4 Å². The van der Waals surface area contributed by atoms with Gasteiger partial charge in [-0.25, -0.2) is 0 Å². The third kappa shape index (κ3) is 3.20. The van der Waals surface area contributed by atoms with Crippen molar-refractivity contribution < 1.29 is 9.84 Å². The van der Waals surface area contributed by atoms with Crippen LogP contribution in [-0.2, 0) is 4.74 Å². The molecular formula is C14H19N5O2. The van der Waals surface area contributed by atoms with Crippen LogP contribution in [0, 0.1) is 6.92 Å². The van der Waals surface area contributed by atoms with E-state index in [1.54, 1.807) is 4.68 Å². The average Bonchev–Trinajstić information content (AvgIpc) is 2.95. The molecule has 7 nitrogen and oxygen atoms in total. The number of rotatable bonds is 4. The number of hydrogen-bond donors (Lipinski definition) is 2. The second kappa shape index (κ2) is 5.79. The molecule has 0 atom stereocenters. The summed E-state index contributed by atoms with van der Waals surface area (Å²) >= 11 is 0. The van der Waals surface area contributed by atoms with Gasteiger partial charge < -0.3 is 15.2 Å². The lowest BCUT2D eigenvalue weighted by molar-refractivity contribution is -0.0544. The van der Waals surface area contributed by atoms with Gasteiger partial charge >= 0.3 is 0 Å². The summed E-state index contributed by atoms with van der Waals surface area (Å²) in [6.07, 6.45) is 1.23. The van der Waals surface area contributed by atoms with E-state index in [0.29, 0.717) is 38.5 Å². The van der Waals surface area contributed by atoms with Gasteiger partial charge in [0.15, 0.2) is 0 Å². The number of ether oxygens (including phenoxy) is 1. The van der Waals surface area contributed by atoms with E-state index in [0.717, 1.165) is 5.69 Å². The minimum Gasteiger partial charge on any atom is -0.388 e. The van der Waals surface area contributed by atoms with Gasteiger partial charge in [0.1, 0.15) is 0 Å². The highest BCUT2D eigenvalue weighted by Gasteiger charge is 2.30. The third-order valence-electron chi connectivity index (χ3n) is 3.75. The number of anilines is 1. The Kier molecular flexibility index (Phi) is 3.85. The Bertz CT molecular complexity index is 590. The van der Waals surface area contributed by atoms with Gasteiger partial charge in [-0.2, -0.15) is 4.68 Å². The van der Waals surface area contributed by atoms with Crippen LogP contribution in [0.15, 0.2) is 24.3 Å². The third-order valence-corrected chi connectivity index (χ3v) is 3.75. The fourth-order valence-corrected chi connectivity index (χ4v) is 2.33. The molecule has 0 unspecified atom stereocenters. The number of aliphatic hydroxyl groups is 1. The SMILES string of the molecule is Cc1ccc(-n2nnnc2NCC2(O)CCOCC2)cc1. The molecule has 0 aliphatic carbocycles. The van der Waals surface area contributed by atoms with Crippen molar-refractivity contribution in [3.05, 3.63) is 29.8 Å². The van der Waals surface area contributed by atoms with Gasteiger partial charge in [0.05, 0.1) is 11.3 Å². The van der Waals surface area contributed by atoms with Crippen molar-refractivity contribution in [1.29, 1.82) is 0 Å². The zero-order valence-electron chi connectivity index (χ0n) is 12.0. The van der Waals surface area contributed by atoms with E-state index < -0.39 is 5.60 Å². The highest BCUT2D eigenvalue weighted by Crippen LogP contribution is 2.21. The Hall–Kier alpha value is -1.99. The highest BCUT2D eigenvalue weighted by molar-refractivity contribution is 5.40. The molecule has 112 valence electrons. The maximum absolute atomic E-state index is 10.4. The molecule has 2 aromatic rings. The molecule has 0 saturated carbocycles. The zero-order valence-corrected chi connectivity index (χ0v) is 12.0. The Balaban J connectivity index is 1.72. The van der Waals surface area contributed by atoms with Crippen molar-refractivity contribution in [1.82, 2.24) is 20.2 Å². The van der Waals surface area contributed by atoms with Crippen molar-refractivity contribution in [3.63, 3.8) is 0 Å². The normalized spacial score (nSPS) is 17.6. The van der Waals surface area contributed by atoms with Crippen molar-refractivity contribution in [3.8, 4) is 5.69 Å². The molecule has 3 rings (SSSR count). The minimum absolute atomic E-state index is 0.405. The summed E-state index contributed by atoms with van der Waals surface area (Å²) in [5.41, 5.74) is 1.30. The fraction of sp³-hybridized carbons (Fsp3) is 0.500. The van der Waals surface area contributed by atoms with Gasteiger partial charge in [0, 0.05) is 32.6 Å². The largest absolute Gasteiger partial charge is 0.388 e. The summed E-state index contributed by atoms with van der Waals surface area (Å²) in [5.74, 6) is 0.527. The molecule has 0 radical (unpaired) electrons. The van der Waals surface area contributed by atoms with Gasteiger partial charge in [0.25, 0.3) is 0 Å². The molecular weight excluding hydrogens is 270 g/mol. The highest BCUT2D eigenvalue weighted by atomic mass is 16.5. The molecule has 1 fully saturated rings. The molecule has 7 heteroatoms. The maximum atomic E-state index is 10.4. The van der Waals surface area contributed by atoms with E-state index >= 15 is 0 Å². The van der Waals surface area contributed by atoms with Crippen LogP contribution in [0.4, 0.5) is 5.95 Å². The summed E-state index contributed by atoms with van der Waals surface area (Å²) in [4.78, 5) is 0. The Labute approximate surface area is 122 Å². The zero-order chi connectivity index (χ0) is 14.7. The van der Waals surface area contributed by atoms with Crippen LogP contribution >= 0.6 is 0 Å². The Morgan fingerprint density at radius 3 is 2.71 bits per heavy atom. The summed E-state index contributed by atoms with van der Waals surface area (Å²) in [6, 6.07) is 7.93. The monoisotopic (exact) mass is 289 g/mol. The second-order valence-electron chi connectivity index (χ2n) is 5.44. The van der Waals surface area contributed by atoms with Crippen LogP contribution in [0.2, 0.25) is 0 Å². The first-order valence-electron chi connectivity index (χ1n) is 7.06. The lowest BCUT2D eigenvalue weighted by Gasteiger charge is -2.32. The van der Waals surface area contributed by atoms with E-state index in [4.69, 9.17) is 4.74 Å². The molecule has 1 aliphatic heterocycles. The number of benzene rings is 1. The van der Waals surface area contributed by atoms with Crippen LogP contribution in [0.1, 0.15) is 18.4 Å². The van der Waals surface area contributed by atoms with Crippen molar-refractivity contribution in [2.75, 3.05) is 25.1 Å². The minimum atomic E-state index is -0.762. The smallest absolute Gasteiger partial charge is 0.247 e. The molecule has 21 heavy (non-hydrogen) atoms. The first-order chi connectivity index (χ1) is 10.2. The van der Waals surface area contributed by atoms with Crippen LogP contribution in [0.5, 0.6) is 0 Å². The quantitative estimate of drug-likeness (QED) is 0.871. The van der Waals surface area contributed by atoms with E-state index in [1.165, 1.54) is 5.56 Å². The molecule has 1 aromatic carbocycles. The van der Waals surface area contributed by atoms with E-state index in [-0.39, 0.29) is 0 Å². The second-order valence-corrected chi connectivity index (χ2v) is 5.44. The number of nitrogens with zero attached hydrogens (tertiary/aromatic N) is 4. The molecule has 1 saturated heterocycles. The number of aromatic nitrogens is 4. The lowest BCUT2D eigenvalue weighted by atomic mass is 9.94. The topological polar surface area (TPSA) is 85.1 Å². The number of hydrogen-bond acceptors (Lipinski definition) is 6. The number of aryl methyl sites for hydroxylation is 1. The average molecular weight is 289 g/mol. The van der Waals surface area contributed by atoms with Gasteiger partial charge in [-0.05, 0) is 29.5 Å². The first kappa shape index (κ1) is 14.0. The molecule has 1 aromatic heterocycles. The number of nitrogens with one attached hydrogen (secondary N) is 1. The Morgan fingerprint density at radius 1 is 1.29 bits per heavy atom. The Morgan fingerprint density at radius 2 is 2.00 bits per heavy atom. The van der Waals surface area contributed by atoms with E-state index in [9.17, 15) is 5.11 Å². The maximum Gasteiger partial charge on any atom is 0.247 e.